The zero-order valence-electron chi connectivity index (χ0n) is 10.9. The molecule has 0 saturated heterocycles. The molecule has 0 aromatic rings. The van der Waals surface area contributed by atoms with E-state index in [2.05, 4.69) is 20.8 Å². The van der Waals surface area contributed by atoms with Crippen LogP contribution in [-0.4, -0.2) is 13.1 Å². The Kier molecular flexibility index (Phi) is 7.45. The Hall–Kier alpha value is -0.530. The van der Waals surface area contributed by atoms with E-state index in [1.807, 2.05) is 6.92 Å². The fourth-order valence-corrected chi connectivity index (χ4v) is 2.29. The quantitative estimate of drug-likeness (QED) is 0.605. The van der Waals surface area contributed by atoms with Gasteiger partial charge >= 0.3 is 5.97 Å². The van der Waals surface area contributed by atoms with Gasteiger partial charge in [0.1, 0.15) is 0 Å². The van der Waals surface area contributed by atoms with Crippen LogP contribution < -0.4 is 0 Å². The number of esters is 1. The highest BCUT2D eigenvalue weighted by Gasteiger charge is 2.17. The van der Waals surface area contributed by atoms with Crippen molar-refractivity contribution in [1.82, 2.24) is 0 Å². The van der Waals surface area contributed by atoms with Crippen molar-refractivity contribution >= 4 is 5.97 Å². The molecule has 0 aliphatic heterocycles. The zero-order valence-corrected chi connectivity index (χ0v) is 10.9. The lowest BCUT2D eigenvalue weighted by molar-refractivity contribution is -0.145. The lowest BCUT2D eigenvalue weighted by atomic mass is 9.88. The van der Waals surface area contributed by atoms with Gasteiger partial charge in [0.25, 0.3) is 0 Å². The van der Waals surface area contributed by atoms with Crippen molar-refractivity contribution in [1.29, 1.82) is 0 Å². The van der Waals surface area contributed by atoms with Crippen LogP contribution in [0.1, 0.15) is 53.4 Å². The standard InChI is InChI=1S/C13H26O2/c1-6-7-10(2)8-11(3)9-12(4)13(14)15-5/h10-12H,6-9H2,1-5H3/t10-,11-,12-/m0/s1. The number of carbonyl (C=O) groups excluding carboxylic acids is 1. The van der Waals surface area contributed by atoms with Crippen molar-refractivity contribution < 1.29 is 9.53 Å². The van der Waals surface area contributed by atoms with Gasteiger partial charge in [-0.15, -0.1) is 0 Å². The number of methoxy groups -OCH3 is 1. The topological polar surface area (TPSA) is 26.3 Å². The Morgan fingerprint density at radius 3 is 2.20 bits per heavy atom. The summed E-state index contributed by atoms with van der Waals surface area (Å²) in [7, 11) is 1.46. The molecule has 0 aliphatic rings. The van der Waals surface area contributed by atoms with Gasteiger partial charge in [-0.2, -0.15) is 0 Å². The molecule has 0 heterocycles. The Morgan fingerprint density at radius 1 is 1.13 bits per heavy atom. The second-order valence-corrected chi connectivity index (χ2v) is 4.89. The molecular weight excluding hydrogens is 188 g/mol. The first-order valence-corrected chi connectivity index (χ1v) is 6.09. The van der Waals surface area contributed by atoms with E-state index in [0.29, 0.717) is 5.92 Å². The third-order valence-electron chi connectivity index (χ3n) is 2.95. The first-order chi connectivity index (χ1) is 7.01. The van der Waals surface area contributed by atoms with Crippen LogP contribution >= 0.6 is 0 Å². The van der Waals surface area contributed by atoms with Crippen molar-refractivity contribution in [3.63, 3.8) is 0 Å². The van der Waals surface area contributed by atoms with Crippen LogP contribution in [0.15, 0.2) is 0 Å². The molecule has 0 unspecified atom stereocenters. The molecule has 0 aromatic carbocycles. The molecule has 0 saturated carbocycles. The first kappa shape index (κ1) is 14.5. The minimum Gasteiger partial charge on any atom is -0.469 e. The van der Waals surface area contributed by atoms with Gasteiger partial charge in [-0.3, -0.25) is 4.79 Å². The first-order valence-electron chi connectivity index (χ1n) is 6.09. The van der Waals surface area contributed by atoms with Crippen LogP contribution in [0.4, 0.5) is 0 Å². The summed E-state index contributed by atoms with van der Waals surface area (Å²) in [6.45, 7) is 8.69. The highest BCUT2D eigenvalue weighted by atomic mass is 16.5. The van der Waals surface area contributed by atoms with Crippen LogP contribution in [0.2, 0.25) is 0 Å². The summed E-state index contributed by atoms with van der Waals surface area (Å²) in [5.74, 6) is 1.35. The predicted octanol–water partition coefficient (Wildman–Crippen LogP) is 3.65. The highest BCUT2D eigenvalue weighted by Crippen LogP contribution is 2.22. The number of ether oxygens (including phenoxy) is 1. The molecule has 0 rings (SSSR count). The van der Waals surface area contributed by atoms with E-state index in [1.165, 1.54) is 26.4 Å². The summed E-state index contributed by atoms with van der Waals surface area (Å²) in [4.78, 5) is 11.2. The van der Waals surface area contributed by atoms with Crippen LogP contribution in [0.25, 0.3) is 0 Å². The summed E-state index contributed by atoms with van der Waals surface area (Å²) in [6, 6.07) is 0. The molecule has 3 atom stereocenters. The minimum atomic E-state index is -0.0787. The van der Waals surface area contributed by atoms with Crippen molar-refractivity contribution in [2.24, 2.45) is 17.8 Å². The molecule has 2 heteroatoms. The lowest BCUT2D eigenvalue weighted by Crippen LogP contribution is -2.16. The molecule has 90 valence electrons. The van der Waals surface area contributed by atoms with Gasteiger partial charge in [0.2, 0.25) is 0 Å². The van der Waals surface area contributed by atoms with E-state index in [4.69, 9.17) is 4.74 Å². The fraction of sp³-hybridized carbons (Fsp3) is 0.923. The summed E-state index contributed by atoms with van der Waals surface area (Å²) >= 11 is 0. The van der Waals surface area contributed by atoms with Gasteiger partial charge in [-0.25, -0.2) is 0 Å². The van der Waals surface area contributed by atoms with Gasteiger partial charge in [0.05, 0.1) is 13.0 Å². The molecule has 0 spiro atoms. The van der Waals surface area contributed by atoms with Crippen molar-refractivity contribution in [2.75, 3.05) is 7.11 Å². The third-order valence-corrected chi connectivity index (χ3v) is 2.95. The SMILES string of the molecule is CCC[C@H](C)C[C@H](C)C[C@H](C)C(=O)OC. The Bertz CT molecular complexity index is 177. The third kappa shape index (κ3) is 6.53. The molecule has 0 radical (unpaired) electrons. The van der Waals surface area contributed by atoms with Crippen molar-refractivity contribution in [3.05, 3.63) is 0 Å². The van der Waals surface area contributed by atoms with E-state index >= 15 is 0 Å². The fourth-order valence-electron chi connectivity index (χ4n) is 2.29. The van der Waals surface area contributed by atoms with Crippen LogP contribution in [-0.2, 0) is 9.53 Å². The molecule has 0 bridgehead atoms. The second-order valence-electron chi connectivity index (χ2n) is 4.89. The Morgan fingerprint density at radius 2 is 1.73 bits per heavy atom. The predicted molar refractivity (Wildman–Crippen MR) is 63.7 cm³/mol. The monoisotopic (exact) mass is 214 g/mol. The van der Waals surface area contributed by atoms with Crippen LogP contribution in [0.5, 0.6) is 0 Å². The molecule has 2 nitrogen and oxygen atoms in total. The largest absolute Gasteiger partial charge is 0.469 e. The Labute approximate surface area is 94.4 Å². The highest BCUT2D eigenvalue weighted by molar-refractivity contribution is 5.71. The molecular formula is C13H26O2. The van der Waals surface area contributed by atoms with Gasteiger partial charge in [0.15, 0.2) is 0 Å². The van der Waals surface area contributed by atoms with Crippen molar-refractivity contribution in [3.8, 4) is 0 Å². The lowest BCUT2D eigenvalue weighted by Gasteiger charge is -2.19. The van der Waals surface area contributed by atoms with Gasteiger partial charge < -0.3 is 4.74 Å². The maximum Gasteiger partial charge on any atom is 0.308 e. The summed E-state index contributed by atoms with van der Waals surface area (Å²) < 4.78 is 4.73. The van der Waals surface area contributed by atoms with Crippen molar-refractivity contribution in [2.45, 2.75) is 53.4 Å². The van der Waals surface area contributed by atoms with E-state index in [9.17, 15) is 4.79 Å². The number of hydrogen-bond donors (Lipinski definition) is 0. The van der Waals surface area contributed by atoms with E-state index < -0.39 is 0 Å². The Balaban J connectivity index is 3.81. The molecule has 0 amide bonds. The maximum absolute atomic E-state index is 11.2. The molecule has 0 N–H and O–H groups in total. The average molecular weight is 214 g/mol. The van der Waals surface area contributed by atoms with E-state index in [0.717, 1.165) is 12.3 Å². The van der Waals surface area contributed by atoms with E-state index in [1.54, 1.807) is 0 Å². The van der Waals surface area contributed by atoms with E-state index in [-0.39, 0.29) is 11.9 Å². The number of carbonyl (C=O) groups is 1. The van der Waals surface area contributed by atoms with Crippen LogP contribution in [0, 0.1) is 17.8 Å². The molecule has 15 heavy (non-hydrogen) atoms. The average Bonchev–Trinajstić information content (AvgIpc) is 2.16. The van der Waals surface area contributed by atoms with Gasteiger partial charge in [-0.1, -0.05) is 40.5 Å². The number of hydrogen-bond acceptors (Lipinski definition) is 2. The van der Waals surface area contributed by atoms with Gasteiger partial charge in [0, 0.05) is 0 Å². The smallest absolute Gasteiger partial charge is 0.308 e. The van der Waals surface area contributed by atoms with Gasteiger partial charge in [-0.05, 0) is 24.7 Å². The minimum absolute atomic E-state index is 0.0406. The summed E-state index contributed by atoms with van der Waals surface area (Å²) in [6.07, 6.45) is 4.70. The number of rotatable bonds is 7. The second kappa shape index (κ2) is 7.72. The van der Waals surface area contributed by atoms with Crippen LogP contribution in [0.3, 0.4) is 0 Å². The maximum atomic E-state index is 11.2. The normalized spacial score (nSPS) is 16.9. The molecule has 0 aromatic heterocycles. The summed E-state index contributed by atoms with van der Waals surface area (Å²) in [5, 5.41) is 0. The molecule has 0 fully saturated rings. The molecule has 0 aliphatic carbocycles. The zero-order chi connectivity index (χ0) is 11.8. The summed E-state index contributed by atoms with van der Waals surface area (Å²) in [5.41, 5.74) is 0.